The Morgan fingerprint density at radius 2 is 1.55 bits per heavy atom. The summed E-state index contributed by atoms with van der Waals surface area (Å²) in [5, 5.41) is 11.6. The third kappa shape index (κ3) is 3.12. The number of aliphatic hydroxyl groups is 1. The van der Waals surface area contributed by atoms with Gasteiger partial charge in [0.2, 0.25) is 5.60 Å². The van der Waals surface area contributed by atoms with Gasteiger partial charge in [0.05, 0.1) is 0 Å². The van der Waals surface area contributed by atoms with Crippen molar-refractivity contribution in [2.45, 2.75) is 18.7 Å². The molecule has 22 heavy (non-hydrogen) atoms. The van der Waals surface area contributed by atoms with Crippen molar-refractivity contribution >= 4 is 11.6 Å². The first-order valence-corrected chi connectivity index (χ1v) is 6.48. The van der Waals surface area contributed by atoms with Crippen LogP contribution in [0.25, 0.3) is 11.1 Å². The van der Waals surface area contributed by atoms with Gasteiger partial charge < -0.3 is 10.4 Å². The lowest BCUT2D eigenvalue weighted by Gasteiger charge is -2.25. The van der Waals surface area contributed by atoms with Crippen molar-refractivity contribution in [2.75, 3.05) is 5.32 Å². The predicted molar refractivity (Wildman–Crippen MR) is 77.2 cm³/mol. The molecule has 0 aliphatic rings. The highest BCUT2D eigenvalue weighted by molar-refractivity contribution is 6.00. The minimum Gasteiger partial charge on any atom is -0.373 e. The SMILES string of the molecule is C[C@@](O)(C(=O)Nc1ccccc1-c1ccccc1)C(F)(F)F. The van der Waals surface area contributed by atoms with E-state index in [1.165, 1.54) is 6.07 Å². The minimum absolute atomic E-state index is 0.197. The zero-order valence-electron chi connectivity index (χ0n) is 11.7. The Hall–Kier alpha value is -2.34. The molecule has 0 unspecified atom stereocenters. The lowest BCUT2D eigenvalue weighted by atomic mass is 10.0. The molecule has 1 atom stereocenters. The Morgan fingerprint density at radius 3 is 2.14 bits per heavy atom. The summed E-state index contributed by atoms with van der Waals surface area (Å²) in [5.41, 5.74) is -1.96. The molecule has 0 radical (unpaired) electrons. The second kappa shape index (κ2) is 5.81. The lowest BCUT2D eigenvalue weighted by molar-refractivity contribution is -0.242. The summed E-state index contributed by atoms with van der Waals surface area (Å²) in [6, 6.07) is 15.3. The fraction of sp³-hybridized carbons (Fsp3) is 0.188. The molecule has 3 nitrogen and oxygen atoms in total. The first-order valence-electron chi connectivity index (χ1n) is 6.48. The molecule has 116 valence electrons. The van der Waals surface area contributed by atoms with Crippen LogP contribution in [0.1, 0.15) is 6.92 Å². The van der Waals surface area contributed by atoms with Crippen LogP contribution in [0.3, 0.4) is 0 Å². The molecular formula is C16H14F3NO2. The predicted octanol–water partition coefficient (Wildman–Crippen LogP) is 3.61. The van der Waals surface area contributed by atoms with Gasteiger partial charge in [0.15, 0.2) is 0 Å². The summed E-state index contributed by atoms with van der Waals surface area (Å²) < 4.78 is 38.1. The smallest absolute Gasteiger partial charge is 0.373 e. The van der Waals surface area contributed by atoms with Crippen molar-refractivity contribution in [3.8, 4) is 11.1 Å². The highest BCUT2D eigenvalue weighted by atomic mass is 19.4. The monoisotopic (exact) mass is 309 g/mol. The average Bonchev–Trinajstić information content (AvgIpc) is 2.47. The maximum Gasteiger partial charge on any atom is 0.426 e. The molecule has 2 aromatic carbocycles. The van der Waals surface area contributed by atoms with E-state index < -0.39 is 17.7 Å². The second-order valence-electron chi connectivity index (χ2n) is 4.94. The van der Waals surface area contributed by atoms with Gasteiger partial charge in [-0.3, -0.25) is 4.79 Å². The summed E-state index contributed by atoms with van der Waals surface area (Å²) >= 11 is 0. The molecule has 2 N–H and O–H groups in total. The highest BCUT2D eigenvalue weighted by Crippen LogP contribution is 2.33. The fourth-order valence-electron chi connectivity index (χ4n) is 1.83. The highest BCUT2D eigenvalue weighted by Gasteiger charge is 2.55. The Kier molecular flexibility index (Phi) is 4.23. The molecule has 0 bridgehead atoms. The number of carbonyl (C=O) groups is 1. The normalized spacial score (nSPS) is 14.2. The molecule has 1 amide bonds. The number of para-hydroxylation sites is 1. The summed E-state index contributed by atoms with van der Waals surface area (Å²) in [4.78, 5) is 11.8. The van der Waals surface area contributed by atoms with Gasteiger partial charge in [-0.05, 0) is 18.6 Å². The average molecular weight is 309 g/mol. The molecule has 0 aromatic heterocycles. The van der Waals surface area contributed by atoms with Crippen LogP contribution in [0.5, 0.6) is 0 Å². The van der Waals surface area contributed by atoms with Gasteiger partial charge in [-0.2, -0.15) is 13.2 Å². The third-order valence-corrected chi connectivity index (χ3v) is 3.25. The summed E-state index contributed by atoms with van der Waals surface area (Å²) in [6.45, 7) is 0.424. The van der Waals surface area contributed by atoms with E-state index in [0.29, 0.717) is 12.5 Å². The van der Waals surface area contributed by atoms with E-state index in [0.717, 1.165) is 5.56 Å². The van der Waals surface area contributed by atoms with Crippen molar-refractivity contribution < 1.29 is 23.1 Å². The zero-order valence-corrected chi connectivity index (χ0v) is 11.7. The number of carbonyl (C=O) groups excluding carboxylic acids is 1. The van der Waals surface area contributed by atoms with Crippen LogP contribution < -0.4 is 5.32 Å². The van der Waals surface area contributed by atoms with Crippen LogP contribution in [0, 0.1) is 0 Å². The van der Waals surface area contributed by atoms with Crippen molar-refractivity contribution in [3.05, 3.63) is 54.6 Å². The van der Waals surface area contributed by atoms with Crippen molar-refractivity contribution in [2.24, 2.45) is 0 Å². The third-order valence-electron chi connectivity index (χ3n) is 3.25. The molecule has 2 rings (SSSR count). The van der Waals surface area contributed by atoms with E-state index in [2.05, 4.69) is 5.32 Å². The van der Waals surface area contributed by atoms with E-state index in [-0.39, 0.29) is 5.69 Å². The van der Waals surface area contributed by atoms with E-state index in [1.807, 2.05) is 0 Å². The topological polar surface area (TPSA) is 49.3 Å². The number of benzene rings is 2. The van der Waals surface area contributed by atoms with E-state index in [1.54, 1.807) is 48.5 Å². The van der Waals surface area contributed by atoms with Gasteiger partial charge in [-0.1, -0.05) is 48.5 Å². The summed E-state index contributed by atoms with van der Waals surface area (Å²) in [5.74, 6) is -1.52. The van der Waals surface area contributed by atoms with Crippen LogP contribution in [-0.2, 0) is 4.79 Å². The molecule has 0 saturated carbocycles. The first kappa shape index (κ1) is 16.0. The number of amides is 1. The summed E-state index contributed by atoms with van der Waals surface area (Å²) in [7, 11) is 0. The Morgan fingerprint density at radius 1 is 1.00 bits per heavy atom. The quantitative estimate of drug-likeness (QED) is 0.910. The Labute approximate surface area is 125 Å². The lowest BCUT2D eigenvalue weighted by Crippen LogP contribution is -2.52. The molecule has 0 saturated heterocycles. The maximum absolute atomic E-state index is 12.7. The minimum atomic E-state index is -5.06. The van der Waals surface area contributed by atoms with Gasteiger partial charge in [0.1, 0.15) is 0 Å². The van der Waals surface area contributed by atoms with Crippen LogP contribution in [0.2, 0.25) is 0 Å². The first-order chi connectivity index (χ1) is 10.2. The van der Waals surface area contributed by atoms with E-state index >= 15 is 0 Å². The van der Waals surface area contributed by atoms with E-state index in [4.69, 9.17) is 0 Å². The summed E-state index contributed by atoms with van der Waals surface area (Å²) in [6.07, 6.45) is -5.06. The Balaban J connectivity index is 2.34. The van der Waals surface area contributed by atoms with Crippen molar-refractivity contribution in [1.82, 2.24) is 0 Å². The standard InChI is InChI=1S/C16H14F3NO2/c1-15(22,16(17,18)19)14(21)20-13-10-6-5-9-12(13)11-7-3-2-4-8-11/h2-10,22H,1H3,(H,20,21)/t15-/m1/s1. The van der Waals surface area contributed by atoms with Gasteiger partial charge in [0, 0.05) is 11.3 Å². The number of hydrogen-bond donors (Lipinski definition) is 2. The zero-order chi connectivity index (χ0) is 16.4. The number of nitrogens with one attached hydrogen (secondary N) is 1. The largest absolute Gasteiger partial charge is 0.426 e. The van der Waals surface area contributed by atoms with Gasteiger partial charge in [0.25, 0.3) is 5.91 Å². The molecule has 6 heteroatoms. The van der Waals surface area contributed by atoms with Crippen LogP contribution >= 0.6 is 0 Å². The van der Waals surface area contributed by atoms with Gasteiger partial charge >= 0.3 is 6.18 Å². The van der Waals surface area contributed by atoms with Crippen molar-refractivity contribution in [1.29, 1.82) is 0 Å². The van der Waals surface area contributed by atoms with Crippen LogP contribution in [-0.4, -0.2) is 22.8 Å². The number of alkyl halides is 3. The fourth-order valence-corrected chi connectivity index (χ4v) is 1.83. The Bertz CT molecular complexity index is 667. The number of anilines is 1. The molecule has 0 aliphatic carbocycles. The molecular weight excluding hydrogens is 295 g/mol. The van der Waals surface area contributed by atoms with Crippen LogP contribution in [0.4, 0.5) is 18.9 Å². The molecule has 0 aliphatic heterocycles. The number of hydrogen-bond acceptors (Lipinski definition) is 2. The molecule has 0 heterocycles. The molecule has 0 spiro atoms. The van der Waals surface area contributed by atoms with Gasteiger partial charge in [-0.15, -0.1) is 0 Å². The second-order valence-corrected chi connectivity index (χ2v) is 4.94. The van der Waals surface area contributed by atoms with Crippen LogP contribution in [0.15, 0.2) is 54.6 Å². The molecule has 0 fully saturated rings. The van der Waals surface area contributed by atoms with E-state index in [9.17, 15) is 23.1 Å². The number of rotatable bonds is 3. The molecule has 2 aromatic rings. The van der Waals surface area contributed by atoms with Gasteiger partial charge in [-0.25, -0.2) is 0 Å². The van der Waals surface area contributed by atoms with Crippen molar-refractivity contribution in [3.63, 3.8) is 0 Å². The number of halogens is 3. The maximum atomic E-state index is 12.7.